The Balaban J connectivity index is 0.000000188. The Morgan fingerprint density at radius 3 is 1.84 bits per heavy atom. The predicted molar refractivity (Wildman–Crippen MR) is 161 cm³/mol. The maximum absolute atomic E-state index is 12.3. The van der Waals surface area contributed by atoms with Crippen LogP contribution in [0.3, 0.4) is 0 Å². The number of nitrogens with zero attached hydrogens (tertiary/aromatic N) is 4. The summed E-state index contributed by atoms with van der Waals surface area (Å²) in [5, 5.41) is 8.75. The standard InChI is InChI=1S/C21H24N2O3.C12H16N2O3/c24-21(26-20-7-5-16-2-1-3-17(16)14-20)18-4-6-19(22-15-18)8-9-23-10-12-25-13-11-23;15-12(16)10-1-2-11(13-9-10)3-4-14-5-7-17-8-6-14/h4-7,14-15H,1-3,8-13H2;1-2,9H,3-8H2,(H,15,16). The zero-order valence-corrected chi connectivity index (χ0v) is 24.6. The minimum Gasteiger partial charge on any atom is -0.478 e. The molecule has 3 aliphatic rings. The molecule has 0 saturated carbocycles. The van der Waals surface area contributed by atoms with Gasteiger partial charge in [0, 0.05) is 75.9 Å². The molecule has 6 rings (SSSR count). The summed E-state index contributed by atoms with van der Waals surface area (Å²) in [5.74, 6) is -0.667. The van der Waals surface area contributed by atoms with Crippen LogP contribution in [0.1, 0.15) is 49.7 Å². The number of rotatable bonds is 9. The molecule has 0 amide bonds. The van der Waals surface area contributed by atoms with Crippen molar-refractivity contribution in [2.75, 3.05) is 65.7 Å². The molecule has 0 spiro atoms. The van der Waals surface area contributed by atoms with Crippen LogP contribution in [0.25, 0.3) is 0 Å². The van der Waals surface area contributed by atoms with Gasteiger partial charge in [-0.25, -0.2) is 9.59 Å². The van der Waals surface area contributed by atoms with Gasteiger partial charge in [-0.1, -0.05) is 6.07 Å². The van der Waals surface area contributed by atoms with Crippen LogP contribution in [0.5, 0.6) is 5.75 Å². The summed E-state index contributed by atoms with van der Waals surface area (Å²) in [5.41, 5.74) is 5.32. The Kier molecular flexibility index (Phi) is 11.2. The monoisotopic (exact) mass is 588 g/mol. The highest BCUT2D eigenvalue weighted by Crippen LogP contribution is 2.26. The van der Waals surface area contributed by atoms with Crippen molar-refractivity contribution < 1.29 is 28.9 Å². The van der Waals surface area contributed by atoms with Crippen molar-refractivity contribution in [3.63, 3.8) is 0 Å². The van der Waals surface area contributed by atoms with Crippen molar-refractivity contribution >= 4 is 11.9 Å². The highest BCUT2D eigenvalue weighted by molar-refractivity contribution is 5.90. The Labute approximate surface area is 252 Å². The first kappa shape index (κ1) is 30.7. The highest BCUT2D eigenvalue weighted by Gasteiger charge is 2.15. The van der Waals surface area contributed by atoms with E-state index in [9.17, 15) is 9.59 Å². The van der Waals surface area contributed by atoms with Gasteiger partial charge in [-0.2, -0.15) is 0 Å². The van der Waals surface area contributed by atoms with Crippen molar-refractivity contribution in [3.8, 4) is 5.75 Å². The largest absolute Gasteiger partial charge is 0.478 e. The van der Waals surface area contributed by atoms with Crippen molar-refractivity contribution in [2.45, 2.75) is 32.1 Å². The summed E-state index contributed by atoms with van der Waals surface area (Å²) in [7, 11) is 0. The second-order valence-electron chi connectivity index (χ2n) is 11.0. The molecular formula is C33H40N4O6. The number of ether oxygens (including phenoxy) is 3. The Hall–Kier alpha value is -3.70. The van der Waals surface area contributed by atoms with E-state index >= 15 is 0 Å². The zero-order valence-electron chi connectivity index (χ0n) is 24.6. The summed E-state index contributed by atoms with van der Waals surface area (Å²) in [6.45, 7) is 9.01. The normalized spacial score (nSPS) is 17.0. The molecule has 228 valence electrons. The summed E-state index contributed by atoms with van der Waals surface area (Å²) < 4.78 is 16.1. The predicted octanol–water partition coefficient (Wildman–Crippen LogP) is 3.32. The topological polar surface area (TPSA) is 114 Å². The number of esters is 1. The Bertz CT molecular complexity index is 1340. The van der Waals surface area contributed by atoms with Crippen LogP contribution in [0.15, 0.2) is 54.9 Å². The minimum atomic E-state index is -0.933. The molecule has 2 saturated heterocycles. The summed E-state index contributed by atoms with van der Waals surface area (Å²) in [6, 6.07) is 13.0. The summed E-state index contributed by atoms with van der Waals surface area (Å²) in [6.07, 6.45) is 8.13. The van der Waals surface area contributed by atoms with Crippen molar-refractivity contribution in [3.05, 3.63) is 88.5 Å². The number of aromatic nitrogens is 2. The maximum atomic E-state index is 12.3. The van der Waals surface area contributed by atoms with Gasteiger partial charge in [0.05, 0.1) is 37.6 Å². The lowest BCUT2D eigenvalue weighted by Gasteiger charge is -2.26. The number of carboxylic acid groups (broad SMARTS) is 1. The number of fused-ring (bicyclic) bond motifs is 1. The third-order valence-corrected chi connectivity index (χ3v) is 7.99. The maximum Gasteiger partial charge on any atom is 0.345 e. The number of benzene rings is 1. The van der Waals surface area contributed by atoms with Gasteiger partial charge in [0.25, 0.3) is 0 Å². The van der Waals surface area contributed by atoms with Gasteiger partial charge in [0.2, 0.25) is 0 Å². The molecule has 2 aliphatic heterocycles. The third kappa shape index (κ3) is 9.39. The molecule has 1 aliphatic carbocycles. The fourth-order valence-electron chi connectivity index (χ4n) is 5.36. The van der Waals surface area contributed by atoms with Gasteiger partial charge >= 0.3 is 11.9 Å². The Morgan fingerprint density at radius 2 is 1.30 bits per heavy atom. The van der Waals surface area contributed by atoms with E-state index in [0.29, 0.717) is 11.3 Å². The first-order valence-corrected chi connectivity index (χ1v) is 15.1. The van der Waals surface area contributed by atoms with E-state index in [2.05, 4.69) is 25.8 Å². The van der Waals surface area contributed by atoms with E-state index < -0.39 is 5.97 Å². The smallest absolute Gasteiger partial charge is 0.345 e. The van der Waals surface area contributed by atoms with Crippen LogP contribution in [0.4, 0.5) is 0 Å². The van der Waals surface area contributed by atoms with Gasteiger partial charge in [-0.05, 0) is 66.8 Å². The lowest BCUT2D eigenvalue weighted by molar-refractivity contribution is 0.0383. The molecule has 2 fully saturated rings. The lowest BCUT2D eigenvalue weighted by Crippen LogP contribution is -2.37. The van der Waals surface area contributed by atoms with Crippen molar-refractivity contribution in [1.82, 2.24) is 19.8 Å². The number of aryl methyl sites for hydroxylation is 2. The first-order chi connectivity index (χ1) is 21.0. The van der Waals surface area contributed by atoms with Crippen molar-refractivity contribution in [1.29, 1.82) is 0 Å². The molecule has 10 heteroatoms. The third-order valence-electron chi connectivity index (χ3n) is 7.99. The number of morpholine rings is 2. The van der Waals surface area contributed by atoms with E-state index in [1.54, 1.807) is 24.4 Å². The van der Waals surface area contributed by atoms with Crippen LogP contribution in [-0.2, 0) is 35.2 Å². The fourth-order valence-corrected chi connectivity index (χ4v) is 5.36. The van der Waals surface area contributed by atoms with E-state index in [-0.39, 0.29) is 11.5 Å². The van der Waals surface area contributed by atoms with Gasteiger partial charge in [-0.3, -0.25) is 19.8 Å². The number of hydrogen-bond acceptors (Lipinski definition) is 9. The minimum absolute atomic E-state index is 0.236. The number of carbonyl (C=O) groups is 2. The van der Waals surface area contributed by atoms with Crippen LogP contribution in [0, 0.1) is 0 Å². The quantitative estimate of drug-likeness (QED) is 0.295. The molecule has 4 heterocycles. The Morgan fingerprint density at radius 1 is 0.744 bits per heavy atom. The van der Waals surface area contributed by atoms with Gasteiger partial charge in [0.15, 0.2) is 0 Å². The molecule has 0 bridgehead atoms. The molecule has 0 atom stereocenters. The van der Waals surface area contributed by atoms with Gasteiger partial charge < -0.3 is 19.3 Å². The molecular weight excluding hydrogens is 548 g/mol. The lowest BCUT2D eigenvalue weighted by atomic mass is 10.1. The molecule has 1 N–H and O–H groups in total. The summed E-state index contributed by atoms with van der Waals surface area (Å²) in [4.78, 5) is 36.3. The second-order valence-corrected chi connectivity index (χ2v) is 11.0. The molecule has 3 aromatic rings. The SMILES string of the molecule is O=C(O)c1ccc(CCN2CCOCC2)nc1.O=C(Oc1ccc2c(c1)CCC2)c1ccc(CCN2CCOCC2)nc1. The molecule has 2 aromatic heterocycles. The zero-order chi connectivity index (χ0) is 29.9. The van der Waals surface area contributed by atoms with Crippen LogP contribution in [0.2, 0.25) is 0 Å². The first-order valence-electron chi connectivity index (χ1n) is 15.1. The number of hydrogen-bond donors (Lipinski definition) is 1. The fraction of sp³-hybridized carbons (Fsp3) is 0.455. The average Bonchev–Trinajstić information content (AvgIpc) is 3.53. The van der Waals surface area contributed by atoms with E-state index in [4.69, 9.17) is 19.3 Å². The van der Waals surface area contributed by atoms with E-state index in [0.717, 1.165) is 103 Å². The summed E-state index contributed by atoms with van der Waals surface area (Å²) >= 11 is 0. The molecule has 0 unspecified atom stereocenters. The van der Waals surface area contributed by atoms with Gasteiger partial charge in [0.1, 0.15) is 5.75 Å². The second kappa shape index (κ2) is 15.7. The molecule has 1 aromatic carbocycles. The van der Waals surface area contributed by atoms with Crippen molar-refractivity contribution in [2.24, 2.45) is 0 Å². The van der Waals surface area contributed by atoms with Crippen LogP contribution in [-0.4, -0.2) is 103 Å². The van der Waals surface area contributed by atoms with Gasteiger partial charge in [-0.15, -0.1) is 0 Å². The molecule has 10 nitrogen and oxygen atoms in total. The van der Waals surface area contributed by atoms with E-state index in [1.807, 2.05) is 18.2 Å². The van der Waals surface area contributed by atoms with E-state index in [1.165, 1.54) is 23.7 Å². The number of carboxylic acids is 1. The number of pyridine rings is 2. The highest BCUT2D eigenvalue weighted by atomic mass is 16.5. The van der Waals surface area contributed by atoms with Crippen LogP contribution < -0.4 is 4.74 Å². The van der Waals surface area contributed by atoms with Crippen LogP contribution >= 0.6 is 0 Å². The average molecular weight is 589 g/mol. The molecule has 43 heavy (non-hydrogen) atoms. The molecule has 0 radical (unpaired) electrons. The number of carbonyl (C=O) groups excluding carboxylic acids is 1. The number of aromatic carboxylic acids is 1.